The van der Waals surface area contributed by atoms with Gasteiger partial charge in [-0.05, 0) is 42.0 Å². The van der Waals surface area contributed by atoms with Gasteiger partial charge in [-0.15, -0.1) is 0 Å². The summed E-state index contributed by atoms with van der Waals surface area (Å²) in [4.78, 5) is 23.0. The molecule has 0 saturated heterocycles. The number of para-hydroxylation sites is 2. The number of aromatic nitrogens is 3. The van der Waals surface area contributed by atoms with Gasteiger partial charge in [0, 0.05) is 11.8 Å². The highest BCUT2D eigenvalue weighted by Crippen LogP contribution is 2.35. The van der Waals surface area contributed by atoms with Crippen molar-refractivity contribution < 1.29 is 19.0 Å². The number of rotatable bonds is 5. The molecular weight excluding hydrogens is 446 g/mol. The summed E-state index contributed by atoms with van der Waals surface area (Å²) in [6.45, 7) is 0.567. The van der Waals surface area contributed by atoms with Gasteiger partial charge in [0.1, 0.15) is 22.6 Å². The molecule has 3 heterocycles. The fraction of sp³-hybridized carbons (Fsp3) is 0.115. The smallest absolute Gasteiger partial charge is 0.261 e. The molecule has 9 nitrogen and oxygen atoms in total. The molecule has 0 atom stereocenters. The number of amides is 1. The van der Waals surface area contributed by atoms with E-state index >= 15 is 0 Å². The molecule has 3 aromatic carbocycles. The summed E-state index contributed by atoms with van der Waals surface area (Å²) >= 11 is 0. The van der Waals surface area contributed by atoms with E-state index in [0.717, 1.165) is 16.8 Å². The predicted octanol–water partition coefficient (Wildman–Crippen LogP) is 4.20. The summed E-state index contributed by atoms with van der Waals surface area (Å²) in [6.07, 6.45) is 0. The first-order valence-electron chi connectivity index (χ1n) is 11.0. The van der Waals surface area contributed by atoms with E-state index in [1.807, 2.05) is 53.1 Å². The number of nitrogen functional groups attached to an aromatic ring is 1. The molecule has 0 aliphatic carbocycles. The summed E-state index contributed by atoms with van der Waals surface area (Å²) in [5.74, 6) is 1.86. The zero-order chi connectivity index (χ0) is 23.9. The fourth-order valence-corrected chi connectivity index (χ4v) is 4.18. The Bertz CT molecular complexity index is 1590. The Hall–Kier alpha value is -4.79. The highest BCUT2D eigenvalue weighted by Gasteiger charge is 2.25. The SMILES string of the molecule is COc1ccc(Cn2c(N)c(C(=O)Nc3ccc4c(c3)OCO4)c3nc4ccccc4nc32)cc1. The van der Waals surface area contributed by atoms with E-state index in [1.54, 1.807) is 25.3 Å². The first-order valence-corrected chi connectivity index (χ1v) is 11.0. The van der Waals surface area contributed by atoms with Gasteiger partial charge in [0.15, 0.2) is 17.1 Å². The average molecular weight is 467 g/mol. The number of ether oxygens (including phenoxy) is 3. The number of hydrogen-bond acceptors (Lipinski definition) is 7. The minimum atomic E-state index is -0.385. The van der Waals surface area contributed by atoms with Crippen LogP contribution >= 0.6 is 0 Å². The van der Waals surface area contributed by atoms with Crippen LogP contribution in [0, 0.1) is 0 Å². The summed E-state index contributed by atoms with van der Waals surface area (Å²) in [5, 5.41) is 2.91. The van der Waals surface area contributed by atoms with Gasteiger partial charge < -0.3 is 29.8 Å². The maximum Gasteiger partial charge on any atom is 0.261 e. The van der Waals surface area contributed by atoms with Crippen molar-refractivity contribution in [2.75, 3.05) is 25.0 Å². The lowest BCUT2D eigenvalue weighted by atomic mass is 10.2. The second kappa shape index (κ2) is 8.21. The van der Waals surface area contributed by atoms with Gasteiger partial charge in [0.05, 0.1) is 24.7 Å². The van der Waals surface area contributed by atoms with E-state index in [9.17, 15) is 4.79 Å². The van der Waals surface area contributed by atoms with Crippen molar-refractivity contribution in [3.63, 3.8) is 0 Å². The Labute approximate surface area is 200 Å². The van der Waals surface area contributed by atoms with Crippen LogP contribution in [-0.4, -0.2) is 34.3 Å². The number of methoxy groups -OCH3 is 1. The molecule has 0 unspecified atom stereocenters. The standard InChI is InChI=1S/C26H21N5O4/c1-33-17-9-6-15(7-10-17)13-31-24(27)22(23-25(31)30-19-5-3-2-4-18(19)29-23)26(32)28-16-8-11-20-21(12-16)35-14-34-20/h2-12H,13-14,27H2,1H3,(H,28,32). The molecule has 0 saturated carbocycles. The molecule has 2 aromatic heterocycles. The molecule has 3 N–H and O–H groups in total. The van der Waals surface area contributed by atoms with Crippen LogP contribution in [0.5, 0.6) is 17.2 Å². The molecule has 0 fully saturated rings. The number of nitrogens with one attached hydrogen (secondary N) is 1. The third kappa shape index (κ3) is 3.63. The van der Waals surface area contributed by atoms with Gasteiger partial charge in [0.25, 0.3) is 5.91 Å². The molecule has 174 valence electrons. The Morgan fingerprint density at radius 3 is 2.54 bits per heavy atom. The third-order valence-electron chi connectivity index (χ3n) is 5.95. The van der Waals surface area contributed by atoms with Crippen LogP contribution in [-0.2, 0) is 6.54 Å². The van der Waals surface area contributed by atoms with E-state index in [2.05, 4.69) is 5.32 Å². The van der Waals surface area contributed by atoms with Crippen LogP contribution in [0.25, 0.3) is 22.2 Å². The van der Waals surface area contributed by atoms with E-state index < -0.39 is 0 Å². The van der Waals surface area contributed by atoms with Crippen molar-refractivity contribution in [1.29, 1.82) is 0 Å². The number of carbonyl (C=O) groups excluding carboxylic acids is 1. The zero-order valence-electron chi connectivity index (χ0n) is 18.8. The summed E-state index contributed by atoms with van der Waals surface area (Å²) < 4.78 is 17.8. The first-order chi connectivity index (χ1) is 17.1. The fourth-order valence-electron chi connectivity index (χ4n) is 4.18. The second-order valence-electron chi connectivity index (χ2n) is 8.10. The zero-order valence-corrected chi connectivity index (χ0v) is 18.8. The number of anilines is 2. The molecule has 35 heavy (non-hydrogen) atoms. The minimum absolute atomic E-state index is 0.154. The molecule has 0 radical (unpaired) electrons. The lowest BCUT2D eigenvalue weighted by Crippen LogP contribution is -2.15. The topological polar surface area (TPSA) is 114 Å². The maximum atomic E-state index is 13.5. The van der Waals surface area contributed by atoms with E-state index in [4.69, 9.17) is 29.9 Å². The van der Waals surface area contributed by atoms with Gasteiger partial charge in [-0.25, -0.2) is 9.97 Å². The molecule has 6 rings (SSSR count). The van der Waals surface area contributed by atoms with Gasteiger partial charge in [-0.1, -0.05) is 24.3 Å². The molecule has 1 amide bonds. The summed E-state index contributed by atoms with van der Waals surface area (Å²) in [5.41, 5.74) is 10.8. The van der Waals surface area contributed by atoms with Crippen LogP contribution in [0.4, 0.5) is 11.5 Å². The van der Waals surface area contributed by atoms with Crippen molar-refractivity contribution in [2.45, 2.75) is 6.54 Å². The van der Waals surface area contributed by atoms with Crippen LogP contribution < -0.4 is 25.3 Å². The van der Waals surface area contributed by atoms with Crippen molar-refractivity contribution in [2.24, 2.45) is 0 Å². The third-order valence-corrected chi connectivity index (χ3v) is 5.95. The lowest BCUT2D eigenvalue weighted by Gasteiger charge is -2.09. The number of fused-ring (bicyclic) bond motifs is 3. The second-order valence-corrected chi connectivity index (χ2v) is 8.10. The highest BCUT2D eigenvalue weighted by molar-refractivity contribution is 6.16. The van der Waals surface area contributed by atoms with E-state index in [0.29, 0.717) is 40.4 Å². The van der Waals surface area contributed by atoms with E-state index in [-0.39, 0.29) is 24.1 Å². The Morgan fingerprint density at radius 2 is 1.77 bits per heavy atom. The van der Waals surface area contributed by atoms with Crippen molar-refractivity contribution in [3.05, 3.63) is 77.9 Å². The molecule has 5 aromatic rings. The summed E-state index contributed by atoms with van der Waals surface area (Å²) in [6, 6.07) is 20.4. The maximum absolute atomic E-state index is 13.5. The lowest BCUT2D eigenvalue weighted by molar-refractivity contribution is 0.102. The number of benzene rings is 3. The van der Waals surface area contributed by atoms with Crippen LogP contribution in [0.3, 0.4) is 0 Å². The molecule has 0 bridgehead atoms. The van der Waals surface area contributed by atoms with Crippen LogP contribution in [0.2, 0.25) is 0 Å². The Balaban J connectivity index is 1.45. The molecule has 1 aliphatic heterocycles. The Morgan fingerprint density at radius 1 is 1.03 bits per heavy atom. The average Bonchev–Trinajstić information content (AvgIpc) is 3.45. The highest BCUT2D eigenvalue weighted by atomic mass is 16.7. The van der Waals surface area contributed by atoms with Gasteiger partial charge >= 0.3 is 0 Å². The van der Waals surface area contributed by atoms with Gasteiger partial charge in [0.2, 0.25) is 6.79 Å². The van der Waals surface area contributed by atoms with E-state index in [1.165, 1.54) is 0 Å². The quantitative estimate of drug-likeness (QED) is 0.398. The number of carbonyl (C=O) groups is 1. The van der Waals surface area contributed by atoms with Crippen molar-refractivity contribution in [1.82, 2.24) is 14.5 Å². The van der Waals surface area contributed by atoms with Crippen LogP contribution in [0.15, 0.2) is 66.7 Å². The number of hydrogen-bond donors (Lipinski definition) is 2. The first kappa shape index (κ1) is 20.8. The Kier molecular flexibility index (Phi) is 4.88. The molecular formula is C26H21N5O4. The molecule has 0 spiro atoms. The number of nitrogens with two attached hydrogens (primary N) is 1. The predicted molar refractivity (Wildman–Crippen MR) is 132 cm³/mol. The minimum Gasteiger partial charge on any atom is -0.497 e. The van der Waals surface area contributed by atoms with Crippen molar-refractivity contribution >= 4 is 39.6 Å². The molecule has 9 heteroatoms. The largest absolute Gasteiger partial charge is 0.497 e. The van der Waals surface area contributed by atoms with Crippen LogP contribution in [0.1, 0.15) is 15.9 Å². The normalized spacial score (nSPS) is 12.3. The van der Waals surface area contributed by atoms with Crippen molar-refractivity contribution in [3.8, 4) is 17.2 Å². The summed E-state index contributed by atoms with van der Waals surface area (Å²) in [7, 11) is 1.62. The van der Waals surface area contributed by atoms with Gasteiger partial charge in [-0.3, -0.25) is 4.79 Å². The van der Waals surface area contributed by atoms with Gasteiger partial charge in [-0.2, -0.15) is 0 Å². The monoisotopic (exact) mass is 467 g/mol. The number of nitrogens with zero attached hydrogens (tertiary/aromatic N) is 3. The molecule has 1 aliphatic rings.